The van der Waals surface area contributed by atoms with Crippen LogP contribution >= 0.6 is 0 Å². The fourth-order valence-electron chi connectivity index (χ4n) is 1.57. The summed E-state index contributed by atoms with van der Waals surface area (Å²) in [6.07, 6.45) is 4.32. The third-order valence-corrected chi connectivity index (χ3v) is 2.30. The molecule has 1 rings (SSSR count). The SMILES string of the molecule is CC(C)CC(=O)C#CN1CCCCC1. The molecule has 1 aliphatic heterocycles. The van der Waals surface area contributed by atoms with Crippen molar-refractivity contribution in [1.29, 1.82) is 0 Å². The fraction of sp³-hybridized carbons (Fsp3) is 0.750. The van der Waals surface area contributed by atoms with Crippen LogP contribution in [0.1, 0.15) is 39.5 Å². The molecule has 0 aliphatic carbocycles. The van der Waals surface area contributed by atoms with Crippen molar-refractivity contribution in [3.8, 4) is 12.0 Å². The molecule has 0 unspecified atom stereocenters. The van der Waals surface area contributed by atoms with Crippen molar-refractivity contribution in [2.24, 2.45) is 5.92 Å². The van der Waals surface area contributed by atoms with Gasteiger partial charge in [-0.15, -0.1) is 0 Å². The summed E-state index contributed by atoms with van der Waals surface area (Å²) >= 11 is 0. The van der Waals surface area contributed by atoms with Gasteiger partial charge in [-0.3, -0.25) is 4.79 Å². The van der Waals surface area contributed by atoms with Gasteiger partial charge in [0.1, 0.15) is 0 Å². The highest BCUT2D eigenvalue weighted by Gasteiger charge is 2.06. The Kier molecular flexibility index (Phi) is 4.52. The van der Waals surface area contributed by atoms with Crippen molar-refractivity contribution in [1.82, 2.24) is 4.90 Å². The highest BCUT2D eigenvalue weighted by Crippen LogP contribution is 2.06. The average Bonchev–Trinajstić information content (AvgIpc) is 2.15. The van der Waals surface area contributed by atoms with Crippen molar-refractivity contribution < 1.29 is 4.79 Å². The standard InChI is InChI=1S/C12H19NO/c1-11(2)10-12(14)6-9-13-7-4-3-5-8-13/h11H,3-5,7-8,10H2,1-2H3. The van der Waals surface area contributed by atoms with Gasteiger partial charge in [-0.2, -0.15) is 0 Å². The predicted octanol–water partition coefficient (Wildman–Crippen LogP) is 2.05. The molecule has 1 saturated heterocycles. The first-order valence-electron chi connectivity index (χ1n) is 5.48. The molecule has 1 aliphatic rings. The van der Waals surface area contributed by atoms with E-state index in [1.54, 1.807) is 0 Å². The number of piperidine rings is 1. The monoisotopic (exact) mass is 193 g/mol. The number of rotatable bonds is 2. The molecule has 0 aromatic rings. The molecule has 14 heavy (non-hydrogen) atoms. The fourth-order valence-corrected chi connectivity index (χ4v) is 1.57. The molecule has 0 saturated carbocycles. The quantitative estimate of drug-likeness (QED) is 0.626. The Balaban J connectivity index is 2.33. The van der Waals surface area contributed by atoms with E-state index in [2.05, 4.69) is 16.9 Å². The van der Waals surface area contributed by atoms with E-state index in [0.717, 1.165) is 13.1 Å². The topological polar surface area (TPSA) is 20.3 Å². The van der Waals surface area contributed by atoms with Crippen LogP contribution < -0.4 is 0 Å². The first kappa shape index (κ1) is 11.1. The van der Waals surface area contributed by atoms with Crippen LogP contribution in [0.5, 0.6) is 0 Å². The van der Waals surface area contributed by atoms with E-state index in [1.807, 2.05) is 13.8 Å². The lowest BCUT2D eigenvalue weighted by Gasteiger charge is -2.21. The number of carbonyl (C=O) groups is 1. The van der Waals surface area contributed by atoms with E-state index in [9.17, 15) is 4.79 Å². The van der Waals surface area contributed by atoms with Crippen LogP contribution in [-0.4, -0.2) is 23.8 Å². The minimum Gasteiger partial charge on any atom is -0.332 e. The maximum Gasteiger partial charge on any atom is 0.207 e. The van der Waals surface area contributed by atoms with Gasteiger partial charge in [0, 0.05) is 25.6 Å². The van der Waals surface area contributed by atoms with E-state index >= 15 is 0 Å². The van der Waals surface area contributed by atoms with Crippen molar-refractivity contribution in [2.75, 3.05) is 13.1 Å². The third kappa shape index (κ3) is 4.32. The highest BCUT2D eigenvalue weighted by molar-refractivity contribution is 5.95. The first-order valence-corrected chi connectivity index (χ1v) is 5.48. The van der Waals surface area contributed by atoms with Crippen LogP contribution in [0.4, 0.5) is 0 Å². The molecule has 2 nitrogen and oxygen atoms in total. The summed E-state index contributed by atoms with van der Waals surface area (Å²) in [6.45, 7) is 6.14. The first-order chi connectivity index (χ1) is 6.68. The number of hydrogen-bond acceptors (Lipinski definition) is 2. The molecule has 0 radical (unpaired) electrons. The number of carbonyl (C=O) groups excluding carboxylic acids is 1. The Morgan fingerprint density at radius 1 is 1.29 bits per heavy atom. The molecule has 0 bridgehead atoms. The normalized spacial score (nSPS) is 16.4. The van der Waals surface area contributed by atoms with Crippen LogP contribution in [0.15, 0.2) is 0 Å². The minimum atomic E-state index is 0.0746. The maximum atomic E-state index is 11.3. The van der Waals surface area contributed by atoms with E-state index < -0.39 is 0 Å². The average molecular weight is 193 g/mol. The lowest BCUT2D eigenvalue weighted by atomic mass is 10.1. The Bertz CT molecular complexity index is 241. The van der Waals surface area contributed by atoms with Gasteiger partial charge in [-0.05, 0) is 31.1 Å². The van der Waals surface area contributed by atoms with Gasteiger partial charge in [-0.1, -0.05) is 13.8 Å². The summed E-state index contributed by atoms with van der Waals surface area (Å²) in [5.74, 6) is 3.21. The molecular weight excluding hydrogens is 174 g/mol. The highest BCUT2D eigenvalue weighted by atomic mass is 16.1. The van der Waals surface area contributed by atoms with Crippen LogP contribution in [-0.2, 0) is 4.79 Å². The smallest absolute Gasteiger partial charge is 0.207 e. The van der Waals surface area contributed by atoms with Crippen LogP contribution in [0.25, 0.3) is 0 Å². The van der Waals surface area contributed by atoms with Crippen molar-refractivity contribution in [3.63, 3.8) is 0 Å². The Morgan fingerprint density at radius 2 is 1.93 bits per heavy atom. The Labute approximate surface area is 86.7 Å². The largest absolute Gasteiger partial charge is 0.332 e. The lowest BCUT2D eigenvalue weighted by Crippen LogP contribution is -2.25. The molecule has 0 amide bonds. The van der Waals surface area contributed by atoms with Gasteiger partial charge in [0.25, 0.3) is 0 Å². The molecule has 1 fully saturated rings. The zero-order chi connectivity index (χ0) is 10.4. The zero-order valence-corrected chi connectivity index (χ0v) is 9.18. The van der Waals surface area contributed by atoms with E-state index in [0.29, 0.717) is 12.3 Å². The maximum absolute atomic E-state index is 11.3. The second-order valence-corrected chi connectivity index (χ2v) is 4.31. The van der Waals surface area contributed by atoms with E-state index in [4.69, 9.17) is 0 Å². The molecule has 0 aromatic heterocycles. The summed E-state index contributed by atoms with van der Waals surface area (Å²) < 4.78 is 0. The van der Waals surface area contributed by atoms with Crippen LogP contribution in [0.2, 0.25) is 0 Å². The minimum absolute atomic E-state index is 0.0746. The van der Waals surface area contributed by atoms with E-state index in [1.165, 1.54) is 19.3 Å². The summed E-state index contributed by atoms with van der Waals surface area (Å²) in [7, 11) is 0. The van der Waals surface area contributed by atoms with Gasteiger partial charge in [0.2, 0.25) is 5.78 Å². The molecular formula is C12H19NO. The third-order valence-electron chi connectivity index (χ3n) is 2.30. The number of nitrogens with zero attached hydrogens (tertiary/aromatic N) is 1. The Morgan fingerprint density at radius 3 is 2.50 bits per heavy atom. The lowest BCUT2D eigenvalue weighted by molar-refractivity contribution is -0.114. The molecule has 78 valence electrons. The van der Waals surface area contributed by atoms with Crippen molar-refractivity contribution >= 4 is 5.78 Å². The second-order valence-electron chi connectivity index (χ2n) is 4.31. The molecule has 0 N–H and O–H groups in total. The summed E-state index contributed by atoms with van der Waals surface area (Å²) in [5.41, 5.74) is 0. The molecule has 0 spiro atoms. The number of ketones is 1. The predicted molar refractivity (Wildman–Crippen MR) is 57.7 cm³/mol. The van der Waals surface area contributed by atoms with Gasteiger partial charge < -0.3 is 4.90 Å². The van der Waals surface area contributed by atoms with Gasteiger partial charge in [0.15, 0.2) is 0 Å². The van der Waals surface area contributed by atoms with Crippen molar-refractivity contribution in [3.05, 3.63) is 0 Å². The molecule has 0 aromatic carbocycles. The van der Waals surface area contributed by atoms with Gasteiger partial charge >= 0.3 is 0 Å². The summed E-state index contributed by atoms with van der Waals surface area (Å²) in [6, 6.07) is 2.96. The van der Waals surface area contributed by atoms with Gasteiger partial charge in [0.05, 0.1) is 0 Å². The second kappa shape index (κ2) is 5.70. The number of hydrogen-bond donors (Lipinski definition) is 0. The summed E-state index contributed by atoms with van der Waals surface area (Å²) in [4.78, 5) is 13.4. The molecule has 0 atom stereocenters. The van der Waals surface area contributed by atoms with Gasteiger partial charge in [-0.25, -0.2) is 0 Å². The van der Waals surface area contributed by atoms with Crippen LogP contribution in [0.3, 0.4) is 0 Å². The molecule has 1 heterocycles. The molecule has 2 heteroatoms. The van der Waals surface area contributed by atoms with Crippen LogP contribution in [0, 0.1) is 17.9 Å². The summed E-state index contributed by atoms with van der Waals surface area (Å²) in [5, 5.41) is 0. The number of Topliss-reactive ketones (excluding diaryl/α,β-unsaturated/α-hetero) is 1. The Hall–Kier alpha value is -0.970. The van der Waals surface area contributed by atoms with Crippen molar-refractivity contribution in [2.45, 2.75) is 39.5 Å². The number of likely N-dealkylation sites (tertiary alicyclic amines) is 1. The zero-order valence-electron chi connectivity index (χ0n) is 9.18. The van der Waals surface area contributed by atoms with E-state index in [-0.39, 0.29) is 5.78 Å².